The Bertz CT molecular complexity index is 603. The van der Waals surface area contributed by atoms with Gasteiger partial charge in [0, 0.05) is 12.5 Å². The minimum absolute atomic E-state index is 0.220. The normalized spacial score (nSPS) is 14.6. The van der Waals surface area contributed by atoms with Crippen molar-refractivity contribution in [3.05, 3.63) is 64.7 Å². The standard InChI is InChI=1S/C19H23NO/c1-14-2-4-16(5-3-14)13-18(20)8-6-15-7-9-19-17(12-15)10-11-21-19/h2-5,7,9,12,18H,6,8,10-11,13,20H2,1H3. The number of fused-ring (bicyclic) bond motifs is 1. The summed E-state index contributed by atoms with van der Waals surface area (Å²) in [5, 5.41) is 0. The van der Waals surface area contributed by atoms with Crippen LogP contribution in [-0.2, 0) is 19.3 Å². The summed E-state index contributed by atoms with van der Waals surface area (Å²) >= 11 is 0. The van der Waals surface area contributed by atoms with Crippen molar-refractivity contribution in [2.75, 3.05) is 6.61 Å². The first-order valence-electron chi connectivity index (χ1n) is 7.76. The third-order valence-electron chi connectivity index (χ3n) is 4.18. The molecule has 2 aromatic rings. The molecule has 2 aromatic carbocycles. The molecule has 1 atom stereocenters. The Kier molecular flexibility index (Phi) is 4.26. The van der Waals surface area contributed by atoms with E-state index < -0.39 is 0 Å². The van der Waals surface area contributed by atoms with Crippen LogP contribution in [0.4, 0.5) is 0 Å². The highest BCUT2D eigenvalue weighted by Gasteiger charge is 2.12. The smallest absolute Gasteiger partial charge is 0.122 e. The van der Waals surface area contributed by atoms with E-state index in [0.717, 1.165) is 38.0 Å². The Morgan fingerprint density at radius 1 is 1.10 bits per heavy atom. The zero-order valence-electron chi connectivity index (χ0n) is 12.6. The van der Waals surface area contributed by atoms with Crippen LogP contribution < -0.4 is 10.5 Å². The first-order valence-corrected chi connectivity index (χ1v) is 7.76. The number of nitrogens with two attached hydrogens (primary N) is 1. The van der Waals surface area contributed by atoms with Crippen molar-refractivity contribution < 1.29 is 4.74 Å². The molecule has 0 saturated heterocycles. The van der Waals surface area contributed by atoms with Crippen molar-refractivity contribution in [3.8, 4) is 5.75 Å². The lowest BCUT2D eigenvalue weighted by molar-refractivity contribution is 0.357. The third-order valence-corrected chi connectivity index (χ3v) is 4.18. The van der Waals surface area contributed by atoms with Gasteiger partial charge in [0.2, 0.25) is 0 Å². The van der Waals surface area contributed by atoms with Gasteiger partial charge in [0.05, 0.1) is 6.61 Å². The molecular weight excluding hydrogens is 258 g/mol. The Balaban J connectivity index is 1.53. The van der Waals surface area contributed by atoms with Gasteiger partial charge in [0.1, 0.15) is 5.75 Å². The van der Waals surface area contributed by atoms with Crippen LogP contribution in [0.2, 0.25) is 0 Å². The largest absolute Gasteiger partial charge is 0.493 e. The van der Waals surface area contributed by atoms with Crippen molar-refractivity contribution in [1.29, 1.82) is 0 Å². The van der Waals surface area contributed by atoms with E-state index in [4.69, 9.17) is 10.5 Å². The first-order chi connectivity index (χ1) is 10.2. The monoisotopic (exact) mass is 281 g/mol. The summed E-state index contributed by atoms with van der Waals surface area (Å²) in [4.78, 5) is 0. The van der Waals surface area contributed by atoms with E-state index in [-0.39, 0.29) is 6.04 Å². The molecule has 2 N–H and O–H groups in total. The second-order valence-electron chi connectivity index (χ2n) is 6.03. The van der Waals surface area contributed by atoms with Crippen LogP contribution >= 0.6 is 0 Å². The maximum atomic E-state index is 6.28. The quantitative estimate of drug-likeness (QED) is 0.911. The van der Waals surface area contributed by atoms with E-state index in [1.165, 1.54) is 22.3 Å². The summed E-state index contributed by atoms with van der Waals surface area (Å²) in [5.74, 6) is 1.06. The molecule has 1 aliphatic rings. The van der Waals surface area contributed by atoms with Crippen LogP contribution in [0.15, 0.2) is 42.5 Å². The molecule has 1 aliphatic heterocycles. The van der Waals surface area contributed by atoms with Crippen molar-refractivity contribution in [2.45, 2.75) is 38.6 Å². The average Bonchev–Trinajstić information content (AvgIpc) is 2.95. The fourth-order valence-corrected chi connectivity index (χ4v) is 2.88. The molecule has 110 valence electrons. The van der Waals surface area contributed by atoms with E-state index in [1.54, 1.807) is 0 Å². The highest BCUT2D eigenvalue weighted by molar-refractivity contribution is 5.39. The van der Waals surface area contributed by atoms with E-state index >= 15 is 0 Å². The molecule has 21 heavy (non-hydrogen) atoms. The predicted octanol–water partition coefficient (Wildman–Crippen LogP) is 3.43. The zero-order valence-corrected chi connectivity index (χ0v) is 12.6. The zero-order chi connectivity index (χ0) is 14.7. The summed E-state index contributed by atoms with van der Waals surface area (Å²) < 4.78 is 5.54. The molecule has 0 fully saturated rings. The van der Waals surface area contributed by atoms with Crippen molar-refractivity contribution in [3.63, 3.8) is 0 Å². The Hall–Kier alpha value is -1.80. The lowest BCUT2D eigenvalue weighted by atomic mass is 9.98. The van der Waals surface area contributed by atoms with Gasteiger partial charge in [-0.1, -0.05) is 42.0 Å². The third kappa shape index (κ3) is 3.64. The van der Waals surface area contributed by atoms with Gasteiger partial charge in [0.15, 0.2) is 0 Å². The molecule has 0 saturated carbocycles. The van der Waals surface area contributed by atoms with Gasteiger partial charge in [-0.25, -0.2) is 0 Å². The minimum atomic E-state index is 0.220. The van der Waals surface area contributed by atoms with E-state index in [0.29, 0.717) is 0 Å². The number of rotatable bonds is 5. The van der Waals surface area contributed by atoms with E-state index in [2.05, 4.69) is 49.4 Å². The van der Waals surface area contributed by atoms with Crippen LogP contribution in [0.1, 0.15) is 28.7 Å². The number of hydrogen-bond donors (Lipinski definition) is 1. The Morgan fingerprint density at radius 2 is 1.86 bits per heavy atom. The fourth-order valence-electron chi connectivity index (χ4n) is 2.88. The van der Waals surface area contributed by atoms with Crippen molar-refractivity contribution in [2.24, 2.45) is 5.73 Å². The lowest BCUT2D eigenvalue weighted by Crippen LogP contribution is -2.23. The fraction of sp³-hybridized carbons (Fsp3) is 0.368. The molecule has 1 unspecified atom stereocenters. The summed E-state index contributed by atoms with van der Waals surface area (Å²) in [5.41, 5.74) is 11.6. The molecule has 0 spiro atoms. The van der Waals surface area contributed by atoms with Crippen molar-refractivity contribution >= 4 is 0 Å². The number of benzene rings is 2. The summed E-state index contributed by atoms with van der Waals surface area (Å²) in [6, 6.07) is 15.4. The minimum Gasteiger partial charge on any atom is -0.493 e. The maximum Gasteiger partial charge on any atom is 0.122 e. The van der Waals surface area contributed by atoms with Crippen LogP contribution in [0.25, 0.3) is 0 Å². The molecular formula is C19H23NO. The number of hydrogen-bond acceptors (Lipinski definition) is 2. The van der Waals surface area contributed by atoms with Gasteiger partial charge >= 0.3 is 0 Å². The van der Waals surface area contributed by atoms with Crippen molar-refractivity contribution in [1.82, 2.24) is 0 Å². The topological polar surface area (TPSA) is 35.2 Å². The molecule has 2 nitrogen and oxygen atoms in total. The van der Waals surface area contributed by atoms with Crippen LogP contribution in [0.3, 0.4) is 0 Å². The predicted molar refractivity (Wildman–Crippen MR) is 86.8 cm³/mol. The molecule has 2 heteroatoms. The van der Waals surface area contributed by atoms with Gasteiger partial charge in [-0.15, -0.1) is 0 Å². The molecule has 0 aliphatic carbocycles. The summed E-state index contributed by atoms with van der Waals surface area (Å²) in [6.07, 6.45) is 4.06. The van der Waals surface area contributed by atoms with Gasteiger partial charge in [-0.2, -0.15) is 0 Å². The Labute approximate surface area is 126 Å². The summed E-state index contributed by atoms with van der Waals surface area (Å²) in [6.45, 7) is 2.94. The maximum absolute atomic E-state index is 6.28. The summed E-state index contributed by atoms with van der Waals surface area (Å²) in [7, 11) is 0. The van der Waals surface area contributed by atoms with E-state index in [1.807, 2.05) is 0 Å². The highest BCUT2D eigenvalue weighted by Crippen LogP contribution is 2.26. The van der Waals surface area contributed by atoms with Crippen LogP contribution in [-0.4, -0.2) is 12.6 Å². The Morgan fingerprint density at radius 3 is 2.67 bits per heavy atom. The average molecular weight is 281 g/mol. The molecule has 0 radical (unpaired) electrons. The number of aryl methyl sites for hydroxylation is 2. The van der Waals surface area contributed by atoms with E-state index in [9.17, 15) is 0 Å². The van der Waals surface area contributed by atoms with Crippen LogP contribution in [0, 0.1) is 6.92 Å². The van der Waals surface area contributed by atoms with Gasteiger partial charge < -0.3 is 10.5 Å². The van der Waals surface area contributed by atoms with Gasteiger partial charge in [-0.3, -0.25) is 0 Å². The molecule has 0 amide bonds. The number of ether oxygens (including phenoxy) is 1. The molecule has 0 bridgehead atoms. The van der Waals surface area contributed by atoms with Gasteiger partial charge in [-0.05, 0) is 48.9 Å². The molecule has 1 heterocycles. The SMILES string of the molecule is Cc1ccc(CC(N)CCc2ccc3c(c2)CCO3)cc1. The van der Waals surface area contributed by atoms with Gasteiger partial charge in [0.25, 0.3) is 0 Å². The lowest BCUT2D eigenvalue weighted by Gasteiger charge is -2.12. The highest BCUT2D eigenvalue weighted by atomic mass is 16.5. The second kappa shape index (κ2) is 6.31. The van der Waals surface area contributed by atoms with Crippen LogP contribution in [0.5, 0.6) is 5.75 Å². The second-order valence-corrected chi connectivity index (χ2v) is 6.03. The first kappa shape index (κ1) is 14.2. The molecule has 3 rings (SSSR count). The molecule has 0 aromatic heterocycles.